The number of thiazole rings is 1. The Balaban J connectivity index is 1.75. The van der Waals surface area contributed by atoms with Gasteiger partial charge in [0.05, 0.1) is 11.8 Å². The molecule has 21 heavy (non-hydrogen) atoms. The number of aliphatic hydroxyl groups is 1. The molecule has 3 heterocycles. The summed E-state index contributed by atoms with van der Waals surface area (Å²) in [6.45, 7) is 3.06. The molecule has 1 fully saturated rings. The first kappa shape index (κ1) is 14.6. The molecule has 1 amide bonds. The average molecular weight is 326 g/mol. The number of piperidine rings is 1. The molecule has 7 heteroatoms. The number of aliphatic hydroxyl groups excluding tert-OH is 1. The highest BCUT2D eigenvalue weighted by atomic mass is 35.5. The van der Waals surface area contributed by atoms with Crippen LogP contribution in [0.25, 0.3) is 11.0 Å². The lowest BCUT2D eigenvalue weighted by Crippen LogP contribution is -2.45. The van der Waals surface area contributed by atoms with E-state index in [1.165, 1.54) is 17.4 Å². The van der Waals surface area contributed by atoms with Crippen molar-refractivity contribution in [2.45, 2.75) is 19.4 Å². The number of imidazole rings is 1. The number of halogens is 1. The van der Waals surface area contributed by atoms with Crippen LogP contribution in [0.5, 0.6) is 0 Å². The first-order valence-corrected chi connectivity index (χ1v) is 8.08. The third kappa shape index (κ3) is 2.84. The number of hydrogen-bond acceptors (Lipinski definition) is 4. The molecule has 0 aromatic carbocycles. The van der Waals surface area contributed by atoms with E-state index in [2.05, 4.69) is 4.98 Å². The third-order valence-electron chi connectivity index (χ3n) is 3.87. The van der Waals surface area contributed by atoms with E-state index in [-0.39, 0.29) is 11.8 Å². The number of amides is 1. The first-order valence-electron chi connectivity index (χ1n) is 6.82. The number of rotatable bonds is 2. The van der Waals surface area contributed by atoms with E-state index in [1.54, 1.807) is 11.0 Å². The summed E-state index contributed by atoms with van der Waals surface area (Å²) in [4.78, 5) is 18.9. The molecule has 1 aliphatic rings. The van der Waals surface area contributed by atoms with Crippen LogP contribution in [0.1, 0.15) is 19.0 Å². The van der Waals surface area contributed by atoms with Gasteiger partial charge in [0.15, 0.2) is 10.1 Å². The standard InChI is InChI=1S/C14H16ClN3O2S/c1-9-4-5-17(8-11(9)19)12(20)3-2-10-13(15)16-14-18(10)6-7-21-14/h2-3,6-7,9,11,19H,4-5,8H2,1H3/b3-2+. The average Bonchev–Trinajstić information content (AvgIpc) is 3.00. The molecule has 0 aliphatic carbocycles. The largest absolute Gasteiger partial charge is 0.391 e. The maximum atomic E-state index is 12.2. The summed E-state index contributed by atoms with van der Waals surface area (Å²) in [6, 6.07) is 0. The fraction of sp³-hybridized carbons (Fsp3) is 0.429. The number of hydrogen-bond donors (Lipinski definition) is 1. The zero-order valence-electron chi connectivity index (χ0n) is 11.6. The second-order valence-corrected chi connectivity index (χ2v) is 6.53. The monoisotopic (exact) mass is 325 g/mol. The summed E-state index contributed by atoms with van der Waals surface area (Å²) in [5.74, 6) is 0.134. The van der Waals surface area contributed by atoms with Crippen molar-refractivity contribution in [1.29, 1.82) is 0 Å². The van der Waals surface area contributed by atoms with Crippen LogP contribution >= 0.6 is 22.9 Å². The molecular weight excluding hydrogens is 310 g/mol. The molecule has 5 nitrogen and oxygen atoms in total. The van der Waals surface area contributed by atoms with Gasteiger partial charge < -0.3 is 10.0 Å². The number of carbonyl (C=O) groups excluding carboxylic acids is 1. The lowest BCUT2D eigenvalue weighted by Gasteiger charge is -2.33. The van der Waals surface area contributed by atoms with Crippen molar-refractivity contribution in [3.63, 3.8) is 0 Å². The molecule has 1 saturated heterocycles. The highest BCUT2D eigenvalue weighted by molar-refractivity contribution is 7.15. The Morgan fingerprint density at radius 3 is 3.19 bits per heavy atom. The Morgan fingerprint density at radius 1 is 1.62 bits per heavy atom. The van der Waals surface area contributed by atoms with Crippen LogP contribution in [-0.2, 0) is 4.79 Å². The zero-order chi connectivity index (χ0) is 15.0. The van der Waals surface area contributed by atoms with Crippen LogP contribution in [0.2, 0.25) is 5.15 Å². The molecule has 2 aromatic heterocycles. The summed E-state index contributed by atoms with van der Waals surface area (Å²) in [6.07, 6.45) is 5.42. The number of aromatic nitrogens is 2. The van der Waals surface area contributed by atoms with Crippen LogP contribution in [0.4, 0.5) is 0 Å². The quantitative estimate of drug-likeness (QED) is 0.862. The SMILES string of the molecule is CC1CCN(C(=O)/C=C/c2c(Cl)nc3sccn23)CC1O. The Bertz CT molecular complexity index is 694. The minimum absolute atomic E-state index is 0.109. The summed E-state index contributed by atoms with van der Waals surface area (Å²) in [5, 5.41) is 12.2. The summed E-state index contributed by atoms with van der Waals surface area (Å²) >= 11 is 7.57. The Morgan fingerprint density at radius 2 is 2.43 bits per heavy atom. The third-order valence-corrected chi connectivity index (χ3v) is 4.90. The zero-order valence-corrected chi connectivity index (χ0v) is 13.1. The smallest absolute Gasteiger partial charge is 0.246 e. The first-order chi connectivity index (χ1) is 10.1. The van der Waals surface area contributed by atoms with Gasteiger partial charge in [-0.15, -0.1) is 11.3 Å². The van der Waals surface area contributed by atoms with Crippen molar-refractivity contribution < 1.29 is 9.90 Å². The number of carbonyl (C=O) groups is 1. The molecule has 1 aliphatic heterocycles. The Labute approximate surface area is 131 Å². The molecule has 0 bridgehead atoms. The van der Waals surface area contributed by atoms with E-state index < -0.39 is 6.10 Å². The molecule has 0 radical (unpaired) electrons. The van der Waals surface area contributed by atoms with E-state index in [4.69, 9.17) is 11.6 Å². The minimum atomic E-state index is -0.446. The van der Waals surface area contributed by atoms with Crippen molar-refractivity contribution in [1.82, 2.24) is 14.3 Å². The lowest BCUT2D eigenvalue weighted by molar-refractivity contribution is -0.130. The maximum Gasteiger partial charge on any atom is 0.246 e. The minimum Gasteiger partial charge on any atom is -0.391 e. The lowest BCUT2D eigenvalue weighted by atomic mass is 9.96. The van der Waals surface area contributed by atoms with Gasteiger partial charge in [0.1, 0.15) is 0 Å². The topological polar surface area (TPSA) is 57.8 Å². The highest BCUT2D eigenvalue weighted by Gasteiger charge is 2.26. The van der Waals surface area contributed by atoms with Gasteiger partial charge >= 0.3 is 0 Å². The van der Waals surface area contributed by atoms with Crippen LogP contribution in [0.15, 0.2) is 17.7 Å². The Hall–Kier alpha value is -1.37. The van der Waals surface area contributed by atoms with Crippen molar-refractivity contribution in [3.05, 3.63) is 28.5 Å². The van der Waals surface area contributed by atoms with E-state index >= 15 is 0 Å². The van der Waals surface area contributed by atoms with Gasteiger partial charge in [-0.1, -0.05) is 18.5 Å². The van der Waals surface area contributed by atoms with E-state index in [9.17, 15) is 9.90 Å². The number of nitrogens with zero attached hydrogens (tertiary/aromatic N) is 3. The summed E-state index contributed by atoms with van der Waals surface area (Å²) < 4.78 is 1.85. The number of fused-ring (bicyclic) bond motifs is 1. The fourth-order valence-electron chi connectivity index (χ4n) is 2.43. The predicted molar refractivity (Wildman–Crippen MR) is 83.5 cm³/mol. The molecule has 0 spiro atoms. The molecule has 3 rings (SSSR count). The van der Waals surface area contributed by atoms with Crippen LogP contribution in [0, 0.1) is 5.92 Å². The number of β-amino-alcohol motifs (C(OH)–C–C–N with tert-alkyl or cyclic N) is 1. The fourth-order valence-corrected chi connectivity index (χ4v) is 3.44. The van der Waals surface area contributed by atoms with Gasteiger partial charge in [0, 0.05) is 30.7 Å². The van der Waals surface area contributed by atoms with Gasteiger partial charge in [-0.05, 0) is 18.4 Å². The van der Waals surface area contributed by atoms with E-state index in [0.717, 1.165) is 11.4 Å². The van der Waals surface area contributed by atoms with Crippen molar-refractivity contribution >= 4 is 39.9 Å². The molecule has 1 N–H and O–H groups in total. The molecule has 2 aromatic rings. The second-order valence-electron chi connectivity index (χ2n) is 5.29. The summed E-state index contributed by atoms with van der Waals surface area (Å²) in [5.41, 5.74) is 0.701. The van der Waals surface area contributed by atoms with E-state index in [1.807, 2.05) is 22.9 Å². The van der Waals surface area contributed by atoms with Gasteiger partial charge in [-0.25, -0.2) is 4.98 Å². The van der Waals surface area contributed by atoms with Gasteiger partial charge in [-0.3, -0.25) is 9.20 Å². The van der Waals surface area contributed by atoms with Gasteiger partial charge in [0.25, 0.3) is 0 Å². The van der Waals surface area contributed by atoms with Crippen LogP contribution in [0.3, 0.4) is 0 Å². The number of likely N-dealkylation sites (tertiary alicyclic amines) is 1. The van der Waals surface area contributed by atoms with E-state index in [0.29, 0.717) is 23.9 Å². The second kappa shape index (κ2) is 5.79. The highest BCUT2D eigenvalue weighted by Crippen LogP contribution is 2.23. The normalized spacial score (nSPS) is 23.3. The van der Waals surface area contributed by atoms with Gasteiger partial charge in [-0.2, -0.15) is 0 Å². The molecule has 2 unspecified atom stereocenters. The van der Waals surface area contributed by atoms with Crippen molar-refractivity contribution in [3.8, 4) is 0 Å². The molecule has 112 valence electrons. The van der Waals surface area contributed by atoms with Crippen molar-refractivity contribution in [2.24, 2.45) is 5.92 Å². The molecule has 2 atom stereocenters. The van der Waals surface area contributed by atoms with Crippen LogP contribution < -0.4 is 0 Å². The molecule has 0 saturated carbocycles. The van der Waals surface area contributed by atoms with Gasteiger partial charge in [0.2, 0.25) is 5.91 Å². The summed E-state index contributed by atoms with van der Waals surface area (Å²) in [7, 11) is 0. The van der Waals surface area contributed by atoms with Crippen LogP contribution in [-0.4, -0.2) is 44.5 Å². The Kier molecular flexibility index (Phi) is 4.01. The van der Waals surface area contributed by atoms with Crippen molar-refractivity contribution in [2.75, 3.05) is 13.1 Å². The maximum absolute atomic E-state index is 12.2. The molecular formula is C14H16ClN3O2S. The predicted octanol–water partition coefficient (Wildman–Crippen LogP) is 2.29.